The molecule has 2 aromatic carbocycles. The van der Waals surface area contributed by atoms with E-state index in [-0.39, 0.29) is 42.8 Å². The predicted octanol–water partition coefficient (Wildman–Crippen LogP) is 5.36. The summed E-state index contributed by atoms with van der Waals surface area (Å²) in [5, 5.41) is 44.6. The molecule has 2 aliphatic rings. The molecule has 1 aliphatic carbocycles. The number of phenols is 1. The number of rotatable bonds is 25. The fraction of sp³-hybridized carbons (Fsp3) is 0.583. The molecule has 0 radical (unpaired) electrons. The van der Waals surface area contributed by atoms with Gasteiger partial charge in [0.25, 0.3) is 0 Å². The Kier molecular flexibility index (Phi) is 20.9. The zero-order valence-electron chi connectivity index (χ0n) is 37.6. The number of amidine groups is 1. The molecule has 15 heteroatoms. The molecule has 4 amide bonds. The lowest BCUT2D eigenvalue weighted by molar-refractivity contribution is -0.141. The maximum absolute atomic E-state index is 14.0. The zero-order valence-corrected chi connectivity index (χ0v) is 37.6. The van der Waals surface area contributed by atoms with Crippen molar-refractivity contribution in [3.05, 3.63) is 65.4 Å². The molecule has 3 atom stereocenters. The zero-order chi connectivity index (χ0) is 45.7. The number of aromatic hydroxyl groups is 1. The molecule has 63 heavy (non-hydrogen) atoms. The minimum Gasteiger partial charge on any atom is -0.507 e. The number of fused-ring (bicyclic) bond motifs is 5. The lowest BCUT2D eigenvalue weighted by atomic mass is 9.90. The number of benzene rings is 2. The first kappa shape index (κ1) is 50.2. The number of carboxylic acids is 1. The van der Waals surface area contributed by atoms with Crippen LogP contribution in [0.25, 0.3) is 11.1 Å². The Morgan fingerprint density at radius 2 is 1.52 bits per heavy atom. The summed E-state index contributed by atoms with van der Waals surface area (Å²) in [6, 6.07) is 7.35. The molecule has 0 saturated heterocycles. The highest BCUT2D eigenvalue weighted by atomic mass is 16.4. The van der Waals surface area contributed by atoms with Crippen molar-refractivity contribution in [2.75, 3.05) is 40.3 Å². The van der Waals surface area contributed by atoms with Gasteiger partial charge in [-0.15, -0.1) is 0 Å². The van der Waals surface area contributed by atoms with Crippen LogP contribution in [0, 0.1) is 0 Å². The van der Waals surface area contributed by atoms with Crippen molar-refractivity contribution in [1.29, 1.82) is 0 Å². The van der Waals surface area contributed by atoms with Crippen LogP contribution in [0.2, 0.25) is 0 Å². The highest BCUT2D eigenvalue weighted by Crippen LogP contribution is 2.47. The monoisotopic (exact) mass is 874 g/mol. The second-order valence-electron chi connectivity index (χ2n) is 17.0. The molecule has 1 saturated carbocycles. The van der Waals surface area contributed by atoms with E-state index in [0.29, 0.717) is 34.5 Å². The van der Waals surface area contributed by atoms with E-state index in [0.717, 1.165) is 37.7 Å². The summed E-state index contributed by atoms with van der Waals surface area (Å²) < 4.78 is 0. The quantitative estimate of drug-likeness (QED) is 0.0363. The molecule has 4 rings (SSSR count). The molecule has 1 fully saturated rings. The number of aliphatic hydroxyl groups is 1. The lowest BCUT2D eigenvalue weighted by Crippen LogP contribution is -2.50. The first-order valence-corrected chi connectivity index (χ1v) is 22.9. The third-order valence-electron chi connectivity index (χ3n) is 11.9. The topological polar surface area (TPSA) is 222 Å². The van der Waals surface area contributed by atoms with E-state index in [4.69, 9.17) is 0 Å². The third kappa shape index (κ3) is 16.3. The lowest BCUT2D eigenvalue weighted by Gasteiger charge is -2.31. The standard InChI is InChI=1S/C48H71N7O8/c1-5-6-7-8-9-10-11-12-13-14-15-16-17-18-43(58)54-40(31-56)32(2)50-29-44(59)51-28-42(49-3)55(4)46-35-22-23-36(34-20-21-34)37(27-35)38-25-33(19-24-41(38)57)26-39(48(62)63)53-45(60)30-52-47(46)61/h19,22-25,27,34,39-40,46,50,56-57H,2,5-18,20-21,26,28-31H2,1,3-4H3,(H,51,59)(H,52,61)(H,53,60)(H,54,58)(H,62,63)/t39-,40?,46?/m0/s1. The van der Waals surface area contributed by atoms with E-state index < -0.39 is 55.0 Å². The Morgan fingerprint density at radius 1 is 0.873 bits per heavy atom. The Bertz CT molecular complexity index is 1900. The van der Waals surface area contributed by atoms with Crippen molar-refractivity contribution in [1.82, 2.24) is 31.5 Å². The summed E-state index contributed by atoms with van der Waals surface area (Å²) in [5.41, 5.74) is 3.60. The van der Waals surface area contributed by atoms with E-state index in [1.54, 1.807) is 24.1 Å². The van der Waals surface area contributed by atoms with Gasteiger partial charge in [-0.3, -0.25) is 24.2 Å². The molecule has 1 aliphatic heterocycles. The van der Waals surface area contributed by atoms with Crippen LogP contribution in [0.5, 0.6) is 5.75 Å². The summed E-state index contributed by atoms with van der Waals surface area (Å²) >= 11 is 0. The van der Waals surface area contributed by atoms with Crippen molar-refractivity contribution < 1.29 is 39.3 Å². The van der Waals surface area contributed by atoms with Gasteiger partial charge in [-0.1, -0.05) is 109 Å². The van der Waals surface area contributed by atoms with Gasteiger partial charge in [0, 0.05) is 38.2 Å². The van der Waals surface area contributed by atoms with Crippen LogP contribution < -0.4 is 26.6 Å². The number of nitrogens with one attached hydrogen (secondary N) is 5. The molecule has 4 bridgehead atoms. The van der Waals surface area contributed by atoms with Crippen LogP contribution >= 0.6 is 0 Å². The van der Waals surface area contributed by atoms with Crippen LogP contribution in [0.4, 0.5) is 0 Å². The highest BCUT2D eigenvalue weighted by Gasteiger charge is 2.33. The van der Waals surface area contributed by atoms with Gasteiger partial charge in [-0.25, -0.2) is 4.79 Å². The number of phenolic OH excluding ortho intramolecular Hbond substituents is 1. The maximum Gasteiger partial charge on any atom is 0.326 e. The van der Waals surface area contributed by atoms with Crippen LogP contribution in [-0.4, -0.2) is 108 Å². The average molecular weight is 874 g/mol. The van der Waals surface area contributed by atoms with E-state index in [2.05, 4.69) is 45.1 Å². The highest BCUT2D eigenvalue weighted by molar-refractivity contribution is 5.95. The summed E-state index contributed by atoms with van der Waals surface area (Å²) in [7, 11) is 3.16. The number of carbonyl (C=O) groups is 5. The smallest absolute Gasteiger partial charge is 0.326 e. The van der Waals surface area contributed by atoms with Crippen molar-refractivity contribution in [2.45, 2.75) is 140 Å². The van der Waals surface area contributed by atoms with Gasteiger partial charge in [0.05, 0.1) is 32.3 Å². The molecular formula is C48H71N7O8. The van der Waals surface area contributed by atoms with Gasteiger partial charge in [-0.2, -0.15) is 0 Å². The van der Waals surface area contributed by atoms with Gasteiger partial charge in [-0.05, 0) is 65.6 Å². The molecule has 0 spiro atoms. The number of aliphatic imine (C=N–C) groups is 1. The van der Waals surface area contributed by atoms with Crippen molar-refractivity contribution in [3.8, 4) is 16.9 Å². The molecule has 15 nitrogen and oxygen atoms in total. The first-order chi connectivity index (χ1) is 30.4. The van der Waals surface area contributed by atoms with Crippen LogP contribution in [0.1, 0.15) is 138 Å². The van der Waals surface area contributed by atoms with Crippen LogP contribution in [0.15, 0.2) is 53.7 Å². The SMILES string of the molecule is C=C(NCC(=O)NCC(=NC)N(C)C1C(=O)NCC(=O)N[C@H](C(=O)O)Cc2ccc(O)c(c2)-c2cc1ccc2C1CC1)C(CO)NC(=O)CCCCCCCCCCCCCCC. The van der Waals surface area contributed by atoms with Crippen molar-refractivity contribution >= 4 is 35.4 Å². The second-order valence-corrected chi connectivity index (χ2v) is 17.0. The number of unbranched alkanes of at least 4 members (excludes halogenated alkanes) is 12. The maximum atomic E-state index is 14.0. The molecule has 2 aromatic rings. The second kappa shape index (κ2) is 26.2. The number of hydrogen-bond donors (Lipinski definition) is 8. The van der Waals surface area contributed by atoms with Gasteiger partial charge >= 0.3 is 5.97 Å². The summed E-state index contributed by atoms with van der Waals surface area (Å²) in [4.78, 5) is 70.8. The normalized spacial score (nSPS) is 17.1. The van der Waals surface area contributed by atoms with Crippen molar-refractivity contribution in [2.24, 2.45) is 4.99 Å². The van der Waals surface area contributed by atoms with E-state index in [1.807, 2.05) is 18.2 Å². The fourth-order valence-electron chi connectivity index (χ4n) is 8.03. The molecule has 1 heterocycles. The van der Waals surface area contributed by atoms with Gasteiger partial charge in [0.1, 0.15) is 23.7 Å². The molecule has 2 unspecified atom stereocenters. The number of hydrogen-bond acceptors (Lipinski definition) is 9. The van der Waals surface area contributed by atoms with Gasteiger partial charge < -0.3 is 46.8 Å². The van der Waals surface area contributed by atoms with Gasteiger partial charge in [0.2, 0.25) is 23.6 Å². The fourth-order valence-corrected chi connectivity index (χ4v) is 8.03. The largest absolute Gasteiger partial charge is 0.507 e. The Morgan fingerprint density at radius 3 is 2.13 bits per heavy atom. The number of carboxylic acid groups (broad SMARTS) is 1. The summed E-state index contributed by atoms with van der Waals surface area (Å²) in [5.74, 6) is -2.56. The van der Waals surface area contributed by atoms with E-state index >= 15 is 0 Å². The molecule has 346 valence electrons. The predicted molar refractivity (Wildman–Crippen MR) is 245 cm³/mol. The van der Waals surface area contributed by atoms with Crippen LogP contribution in [-0.2, 0) is 30.4 Å². The van der Waals surface area contributed by atoms with Gasteiger partial charge in [0.15, 0.2) is 0 Å². The first-order valence-electron chi connectivity index (χ1n) is 22.9. The molecule has 8 N–H and O–H groups in total. The minimum absolute atomic E-state index is 0.0114. The number of likely N-dealkylation sites (N-methyl/N-ethyl adjacent to an activating group) is 1. The Balaban J connectivity index is 1.32. The third-order valence-corrected chi connectivity index (χ3v) is 11.9. The van der Waals surface area contributed by atoms with Crippen molar-refractivity contribution in [3.63, 3.8) is 0 Å². The summed E-state index contributed by atoms with van der Waals surface area (Å²) in [6.07, 6.45) is 18.0. The van der Waals surface area contributed by atoms with E-state index in [9.17, 15) is 39.3 Å². The Labute approximate surface area is 373 Å². The number of aliphatic carboxylic acids is 1. The number of carbonyl (C=O) groups excluding carboxylic acids is 4. The number of aliphatic hydroxyl groups excluding tert-OH is 1. The average Bonchev–Trinajstić information content (AvgIpc) is 4.12. The minimum atomic E-state index is -1.27. The summed E-state index contributed by atoms with van der Waals surface area (Å²) in [6.45, 7) is 5.00. The Hall–Kier alpha value is -5.44. The molecular weight excluding hydrogens is 803 g/mol. The van der Waals surface area contributed by atoms with E-state index in [1.165, 1.54) is 77.3 Å². The molecule has 0 aromatic heterocycles. The van der Waals surface area contributed by atoms with Crippen LogP contribution in [0.3, 0.4) is 0 Å². The number of nitrogens with zero attached hydrogens (tertiary/aromatic N) is 2. The number of amides is 4.